The SMILES string of the molecule is CCCc1ccc(CCCCC2CCC(C3CCC(CCC=CC#N)CC3)CC2)cc1. The van der Waals surface area contributed by atoms with Crippen molar-refractivity contribution in [2.24, 2.45) is 23.7 Å². The maximum absolute atomic E-state index is 8.60. The number of allylic oxidation sites excluding steroid dienone is 2. The molecule has 0 N–H and O–H groups in total. The maximum Gasteiger partial charge on any atom is 0.0908 e. The van der Waals surface area contributed by atoms with E-state index in [9.17, 15) is 0 Å². The Kier molecular flexibility index (Phi) is 10.7. The monoisotopic (exact) mass is 419 g/mol. The molecule has 170 valence electrons. The van der Waals surface area contributed by atoms with E-state index < -0.39 is 0 Å². The van der Waals surface area contributed by atoms with E-state index in [1.807, 2.05) is 0 Å². The van der Waals surface area contributed by atoms with E-state index in [1.54, 1.807) is 6.08 Å². The second-order valence-corrected chi connectivity index (χ2v) is 10.5. The predicted octanol–water partition coefficient (Wildman–Crippen LogP) is 8.82. The molecule has 0 heterocycles. The number of nitrogens with zero attached hydrogens (tertiary/aromatic N) is 1. The molecule has 2 aliphatic carbocycles. The van der Waals surface area contributed by atoms with Crippen LogP contribution in [0.1, 0.15) is 108 Å². The van der Waals surface area contributed by atoms with Crippen LogP contribution in [0, 0.1) is 35.0 Å². The van der Waals surface area contributed by atoms with Crippen LogP contribution in [-0.2, 0) is 12.8 Å². The van der Waals surface area contributed by atoms with Gasteiger partial charge in [0, 0.05) is 6.08 Å². The molecule has 0 saturated heterocycles. The first kappa shape index (κ1) is 24.1. The number of unbranched alkanes of at least 4 members (excludes halogenated alkanes) is 1. The molecule has 0 amide bonds. The van der Waals surface area contributed by atoms with Crippen molar-refractivity contribution in [2.75, 3.05) is 0 Å². The molecule has 0 aromatic heterocycles. The van der Waals surface area contributed by atoms with Crippen LogP contribution >= 0.6 is 0 Å². The summed E-state index contributed by atoms with van der Waals surface area (Å²) in [6, 6.07) is 11.5. The van der Waals surface area contributed by atoms with Crippen LogP contribution < -0.4 is 0 Å². The van der Waals surface area contributed by atoms with Crippen LogP contribution in [0.3, 0.4) is 0 Å². The van der Waals surface area contributed by atoms with Crippen molar-refractivity contribution >= 4 is 0 Å². The minimum absolute atomic E-state index is 0.916. The molecule has 31 heavy (non-hydrogen) atoms. The Morgan fingerprint density at radius 1 is 0.774 bits per heavy atom. The van der Waals surface area contributed by atoms with E-state index in [1.165, 1.54) is 107 Å². The van der Waals surface area contributed by atoms with Crippen LogP contribution in [0.15, 0.2) is 36.4 Å². The molecule has 0 unspecified atom stereocenters. The molecule has 1 nitrogen and oxygen atoms in total. The van der Waals surface area contributed by atoms with Gasteiger partial charge in [0.15, 0.2) is 0 Å². The average molecular weight is 420 g/mol. The molecule has 1 heteroatoms. The Labute approximate surface area is 192 Å². The maximum atomic E-state index is 8.60. The summed E-state index contributed by atoms with van der Waals surface area (Å²) in [4.78, 5) is 0. The summed E-state index contributed by atoms with van der Waals surface area (Å²) in [7, 11) is 0. The molecule has 3 rings (SSSR count). The Balaban J connectivity index is 1.25. The highest BCUT2D eigenvalue weighted by atomic mass is 14.4. The Morgan fingerprint density at radius 2 is 1.32 bits per heavy atom. The molecule has 1 aromatic carbocycles. The van der Waals surface area contributed by atoms with E-state index in [0.717, 1.165) is 30.1 Å². The zero-order chi connectivity index (χ0) is 21.7. The van der Waals surface area contributed by atoms with E-state index >= 15 is 0 Å². The molecule has 0 atom stereocenters. The van der Waals surface area contributed by atoms with Crippen molar-refractivity contribution in [3.05, 3.63) is 47.5 Å². The summed E-state index contributed by atoms with van der Waals surface area (Å²) in [6.07, 6.45) is 25.9. The predicted molar refractivity (Wildman–Crippen MR) is 133 cm³/mol. The molecular formula is C30H45N. The summed E-state index contributed by atoms with van der Waals surface area (Å²) < 4.78 is 0. The van der Waals surface area contributed by atoms with Gasteiger partial charge in [-0.2, -0.15) is 5.26 Å². The lowest BCUT2D eigenvalue weighted by Gasteiger charge is -2.38. The van der Waals surface area contributed by atoms with Gasteiger partial charge in [0.2, 0.25) is 0 Å². The van der Waals surface area contributed by atoms with Crippen molar-refractivity contribution < 1.29 is 0 Å². The largest absolute Gasteiger partial charge is 0.193 e. The molecule has 1 aromatic rings. The number of hydrogen-bond donors (Lipinski definition) is 0. The van der Waals surface area contributed by atoms with Crippen molar-refractivity contribution in [1.29, 1.82) is 5.26 Å². The first-order valence-electron chi connectivity index (χ1n) is 13.4. The van der Waals surface area contributed by atoms with Gasteiger partial charge in [0.05, 0.1) is 6.07 Å². The minimum atomic E-state index is 0.916. The number of rotatable bonds is 11. The molecule has 2 aliphatic rings. The standard InChI is InChI=1S/C30H45N/c1-2-8-25-12-14-26(15-13-25)10-5-6-11-28-18-22-30(23-19-28)29-20-16-27(17-21-29)9-4-3-7-24-31/h3,7,12-15,27-30H,2,4-6,8-11,16-23H2,1H3. The molecule has 0 radical (unpaired) electrons. The van der Waals surface area contributed by atoms with Gasteiger partial charge in [-0.3, -0.25) is 0 Å². The van der Waals surface area contributed by atoms with Gasteiger partial charge in [0.1, 0.15) is 0 Å². The van der Waals surface area contributed by atoms with E-state index in [-0.39, 0.29) is 0 Å². The van der Waals surface area contributed by atoms with E-state index in [4.69, 9.17) is 5.26 Å². The van der Waals surface area contributed by atoms with Gasteiger partial charge in [-0.15, -0.1) is 0 Å². The van der Waals surface area contributed by atoms with Crippen LogP contribution in [0.25, 0.3) is 0 Å². The van der Waals surface area contributed by atoms with E-state index in [0.29, 0.717) is 0 Å². The van der Waals surface area contributed by atoms with Crippen LogP contribution in [0.4, 0.5) is 0 Å². The number of aryl methyl sites for hydroxylation is 2. The van der Waals surface area contributed by atoms with Crippen LogP contribution in [0.5, 0.6) is 0 Å². The van der Waals surface area contributed by atoms with Gasteiger partial charge in [-0.25, -0.2) is 0 Å². The van der Waals surface area contributed by atoms with Crippen molar-refractivity contribution in [2.45, 2.75) is 110 Å². The zero-order valence-electron chi connectivity index (χ0n) is 20.0. The summed E-state index contributed by atoms with van der Waals surface area (Å²) in [5, 5.41) is 8.60. The number of benzene rings is 1. The average Bonchev–Trinajstić information content (AvgIpc) is 2.82. The van der Waals surface area contributed by atoms with Crippen molar-refractivity contribution in [3.8, 4) is 6.07 Å². The van der Waals surface area contributed by atoms with Crippen molar-refractivity contribution in [3.63, 3.8) is 0 Å². The van der Waals surface area contributed by atoms with Crippen LogP contribution in [-0.4, -0.2) is 0 Å². The Morgan fingerprint density at radius 3 is 1.87 bits per heavy atom. The van der Waals surface area contributed by atoms with Gasteiger partial charge in [0.25, 0.3) is 0 Å². The highest BCUT2D eigenvalue weighted by Gasteiger charge is 2.30. The van der Waals surface area contributed by atoms with Crippen LogP contribution in [0.2, 0.25) is 0 Å². The fourth-order valence-electron chi connectivity index (χ4n) is 6.29. The smallest absolute Gasteiger partial charge is 0.0908 e. The minimum Gasteiger partial charge on any atom is -0.193 e. The molecular weight excluding hydrogens is 374 g/mol. The highest BCUT2D eigenvalue weighted by Crippen LogP contribution is 2.43. The summed E-state index contributed by atoms with van der Waals surface area (Å²) in [5.74, 6) is 3.96. The zero-order valence-corrected chi connectivity index (χ0v) is 20.0. The third kappa shape index (κ3) is 8.48. The first-order chi connectivity index (χ1) is 15.3. The third-order valence-corrected chi connectivity index (χ3v) is 8.27. The van der Waals surface area contributed by atoms with Gasteiger partial charge in [-0.05, 0) is 92.6 Å². The lowest BCUT2D eigenvalue weighted by atomic mass is 9.68. The molecule has 2 saturated carbocycles. The van der Waals surface area contributed by atoms with Crippen molar-refractivity contribution in [1.82, 2.24) is 0 Å². The Hall–Kier alpha value is -1.55. The second-order valence-electron chi connectivity index (χ2n) is 10.5. The topological polar surface area (TPSA) is 23.8 Å². The quantitative estimate of drug-likeness (QED) is 0.259. The lowest BCUT2D eigenvalue weighted by molar-refractivity contribution is 0.140. The highest BCUT2D eigenvalue weighted by molar-refractivity contribution is 5.22. The second kappa shape index (κ2) is 13.8. The molecule has 0 spiro atoms. The molecule has 0 bridgehead atoms. The normalized spacial score (nSPS) is 26.7. The fraction of sp³-hybridized carbons (Fsp3) is 0.700. The van der Waals surface area contributed by atoms with E-state index in [2.05, 4.69) is 43.3 Å². The van der Waals surface area contributed by atoms with Gasteiger partial charge < -0.3 is 0 Å². The Bertz CT molecular complexity index is 663. The summed E-state index contributed by atoms with van der Waals surface area (Å²) in [5.41, 5.74) is 3.02. The summed E-state index contributed by atoms with van der Waals surface area (Å²) in [6.45, 7) is 2.26. The summed E-state index contributed by atoms with van der Waals surface area (Å²) >= 11 is 0. The number of hydrogen-bond acceptors (Lipinski definition) is 1. The first-order valence-corrected chi connectivity index (χ1v) is 13.4. The van der Waals surface area contributed by atoms with Gasteiger partial charge in [-0.1, -0.05) is 82.2 Å². The molecule has 2 fully saturated rings. The third-order valence-electron chi connectivity index (χ3n) is 8.27. The lowest BCUT2D eigenvalue weighted by Crippen LogP contribution is -2.25. The van der Waals surface area contributed by atoms with Gasteiger partial charge >= 0.3 is 0 Å². The fourth-order valence-corrected chi connectivity index (χ4v) is 6.29. The molecule has 0 aliphatic heterocycles. The number of nitriles is 1.